The molecule has 5 rings (SSSR count). The number of aromatic nitrogens is 3. The van der Waals surface area contributed by atoms with Crippen molar-refractivity contribution in [1.29, 1.82) is 0 Å². The summed E-state index contributed by atoms with van der Waals surface area (Å²) in [5, 5.41) is 12.5. The van der Waals surface area contributed by atoms with E-state index >= 15 is 0 Å². The van der Waals surface area contributed by atoms with E-state index in [-0.39, 0.29) is 5.91 Å². The van der Waals surface area contributed by atoms with E-state index in [2.05, 4.69) is 17.6 Å². The number of benzene rings is 3. The molecule has 0 fully saturated rings. The maximum absolute atomic E-state index is 14.0. The first-order valence-corrected chi connectivity index (χ1v) is 14.9. The van der Waals surface area contributed by atoms with Gasteiger partial charge in [0.25, 0.3) is 5.91 Å². The molecule has 1 unspecified atom stereocenters. The van der Waals surface area contributed by atoms with Crippen LogP contribution in [-0.4, -0.2) is 33.9 Å². The molecule has 0 saturated carbocycles. The molecule has 10 heteroatoms. The van der Waals surface area contributed by atoms with Crippen LogP contribution in [0.4, 0.5) is 11.6 Å². The number of anilines is 2. The second-order valence-electron chi connectivity index (χ2n) is 9.38. The molecule has 0 saturated heterocycles. The zero-order valence-electron chi connectivity index (χ0n) is 23.2. The molecule has 1 atom stereocenters. The highest BCUT2D eigenvalue weighted by Gasteiger charge is 2.36. The summed E-state index contributed by atoms with van der Waals surface area (Å²) in [5.74, 6) is 2.18. The molecule has 3 aromatic carbocycles. The van der Waals surface area contributed by atoms with Crippen molar-refractivity contribution in [3.63, 3.8) is 0 Å². The Kier molecular flexibility index (Phi) is 9.16. The van der Waals surface area contributed by atoms with Gasteiger partial charge in [0.2, 0.25) is 11.1 Å². The van der Waals surface area contributed by atoms with Crippen LogP contribution in [0, 0.1) is 0 Å². The minimum Gasteiger partial charge on any atom is -0.493 e. The molecule has 1 amide bonds. The highest BCUT2D eigenvalue weighted by Crippen LogP contribution is 2.41. The molecule has 0 bridgehead atoms. The van der Waals surface area contributed by atoms with Crippen molar-refractivity contribution in [2.45, 2.75) is 44.1 Å². The predicted octanol–water partition coefficient (Wildman–Crippen LogP) is 7.34. The summed E-state index contributed by atoms with van der Waals surface area (Å²) >= 11 is 7.86. The van der Waals surface area contributed by atoms with E-state index in [1.54, 1.807) is 4.68 Å². The number of para-hydroxylation sites is 3. The second kappa shape index (κ2) is 13.1. The van der Waals surface area contributed by atoms with Crippen LogP contribution in [0.5, 0.6) is 11.5 Å². The summed E-state index contributed by atoms with van der Waals surface area (Å²) < 4.78 is 13.7. The van der Waals surface area contributed by atoms with Crippen molar-refractivity contribution < 1.29 is 14.3 Å². The number of rotatable bonds is 11. The molecular weight excluding hydrogens is 558 g/mol. The standard InChI is InChI=1S/C31H32ClN5O3S/c1-4-18-40-25-16-10-7-13-22(25)28-27(29(38)34-24-15-9-11-17-26(24)39-5-2)20(3)33-30-35-31(36-37(28)30)41-19-21-12-6-8-14-23(21)32/h6-17,28H,4-5,18-19H2,1-3H3,(H,34,38)(H,33,35,36). The molecule has 41 heavy (non-hydrogen) atoms. The quantitative estimate of drug-likeness (QED) is 0.177. The van der Waals surface area contributed by atoms with Gasteiger partial charge in [-0.05, 0) is 50.1 Å². The predicted molar refractivity (Wildman–Crippen MR) is 164 cm³/mol. The number of halogens is 1. The maximum Gasteiger partial charge on any atom is 0.255 e. The summed E-state index contributed by atoms with van der Waals surface area (Å²) in [6.07, 6.45) is 0.856. The second-order valence-corrected chi connectivity index (χ2v) is 10.7. The van der Waals surface area contributed by atoms with E-state index in [0.29, 0.717) is 63.6 Å². The average molecular weight is 590 g/mol. The first kappa shape index (κ1) is 28.6. The van der Waals surface area contributed by atoms with Crippen LogP contribution in [0.25, 0.3) is 0 Å². The van der Waals surface area contributed by atoms with E-state index < -0.39 is 6.04 Å². The lowest BCUT2D eigenvalue weighted by Crippen LogP contribution is -2.32. The number of hydrogen-bond donors (Lipinski definition) is 2. The van der Waals surface area contributed by atoms with Crippen molar-refractivity contribution in [3.05, 3.63) is 100 Å². The van der Waals surface area contributed by atoms with Crippen LogP contribution >= 0.6 is 23.4 Å². The fourth-order valence-electron chi connectivity index (χ4n) is 4.62. The van der Waals surface area contributed by atoms with E-state index in [0.717, 1.165) is 17.5 Å². The molecule has 1 aliphatic heterocycles. The van der Waals surface area contributed by atoms with Crippen molar-refractivity contribution in [2.24, 2.45) is 0 Å². The van der Waals surface area contributed by atoms with Gasteiger partial charge in [0.15, 0.2) is 0 Å². The minimum absolute atomic E-state index is 0.274. The van der Waals surface area contributed by atoms with Gasteiger partial charge in [-0.25, -0.2) is 4.68 Å². The van der Waals surface area contributed by atoms with E-state index in [4.69, 9.17) is 31.2 Å². The molecule has 0 spiro atoms. The summed E-state index contributed by atoms with van der Waals surface area (Å²) in [5.41, 5.74) is 3.59. The SMILES string of the molecule is CCCOc1ccccc1C1C(C(=O)Nc2ccccc2OCC)=C(C)Nc2nc(SCc3ccccc3Cl)nn21. The Balaban J connectivity index is 1.53. The molecule has 212 valence electrons. The monoisotopic (exact) mass is 589 g/mol. The maximum atomic E-state index is 14.0. The number of carbonyl (C=O) groups is 1. The Hall–Kier alpha value is -3.95. The lowest BCUT2D eigenvalue weighted by atomic mass is 9.94. The highest BCUT2D eigenvalue weighted by atomic mass is 35.5. The van der Waals surface area contributed by atoms with Gasteiger partial charge < -0.3 is 20.1 Å². The van der Waals surface area contributed by atoms with Crippen LogP contribution in [-0.2, 0) is 10.5 Å². The highest BCUT2D eigenvalue weighted by molar-refractivity contribution is 7.98. The van der Waals surface area contributed by atoms with Gasteiger partial charge in [0.05, 0.1) is 24.5 Å². The Morgan fingerprint density at radius 2 is 1.76 bits per heavy atom. The number of nitrogens with zero attached hydrogens (tertiary/aromatic N) is 3. The third kappa shape index (κ3) is 6.36. The van der Waals surface area contributed by atoms with Gasteiger partial charge in [0, 0.05) is 22.0 Å². The average Bonchev–Trinajstić information content (AvgIpc) is 3.38. The van der Waals surface area contributed by atoms with Crippen molar-refractivity contribution in [2.75, 3.05) is 23.8 Å². The third-order valence-corrected chi connectivity index (χ3v) is 7.76. The number of allylic oxidation sites excluding steroid dienone is 1. The topological polar surface area (TPSA) is 90.3 Å². The summed E-state index contributed by atoms with van der Waals surface area (Å²) in [4.78, 5) is 18.8. The molecule has 0 aliphatic carbocycles. The zero-order valence-corrected chi connectivity index (χ0v) is 24.8. The number of amides is 1. The fourth-order valence-corrected chi connectivity index (χ4v) is 5.74. The first-order valence-electron chi connectivity index (χ1n) is 13.6. The van der Waals surface area contributed by atoms with Crippen molar-refractivity contribution >= 4 is 40.9 Å². The van der Waals surface area contributed by atoms with E-state index in [1.165, 1.54) is 11.8 Å². The van der Waals surface area contributed by atoms with Crippen LogP contribution < -0.4 is 20.1 Å². The number of fused-ring (bicyclic) bond motifs is 1. The Morgan fingerprint density at radius 1 is 1.02 bits per heavy atom. The van der Waals surface area contributed by atoms with Gasteiger partial charge in [-0.15, -0.1) is 5.10 Å². The smallest absolute Gasteiger partial charge is 0.255 e. The summed E-state index contributed by atoms with van der Waals surface area (Å²) in [6, 6.07) is 22.3. The summed E-state index contributed by atoms with van der Waals surface area (Å²) in [6.45, 7) is 6.88. The number of ether oxygens (including phenoxy) is 2. The lowest BCUT2D eigenvalue weighted by Gasteiger charge is -2.29. The van der Waals surface area contributed by atoms with E-state index in [9.17, 15) is 4.79 Å². The van der Waals surface area contributed by atoms with Gasteiger partial charge in [-0.1, -0.05) is 78.8 Å². The Bertz CT molecular complexity index is 1570. The Morgan fingerprint density at radius 3 is 2.54 bits per heavy atom. The zero-order chi connectivity index (χ0) is 28.8. The van der Waals surface area contributed by atoms with Gasteiger partial charge >= 0.3 is 0 Å². The minimum atomic E-state index is -0.583. The largest absolute Gasteiger partial charge is 0.493 e. The van der Waals surface area contributed by atoms with E-state index in [1.807, 2.05) is 86.6 Å². The molecule has 2 heterocycles. The van der Waals surface area contributed by atoms with Crippen LogP contribution in [0.1, 0.15) is 44.4 Å². The van der Waals surface area contributed by atoms with Crippen molar-refractivity contribution in [1.82, 2.24) is 14.8 Å². The molecule has 0 radical (unpaired) electrons. The van der Waals surface area contributed by atoms with Gasteiger partial charge in [-0.3, -0.25) is 4.79 Å². The lowest BCUT2D eigenvalue weighted by molar-refractivity contribution is -0.113. The molecule has 4 aromatic rings. The first-order chi connectivity index (χ1) is 20.0. The van der Waals surface area contributed by atoms with Crippen LogP contribution in [0.3, 0.4) is 0 Å². The Labute approximate surface area is 249 Å². The third-order valence-electron chi connectivity index (χ3n) is 6.50. The van der Waals surface area contributed by atoms with Gasteiger partial charge in [0.1, 0.15) is 17.5 Å². The van der Waals surface area contributed by atoms with Crippen LogP contribution in [0.2, 0.25) is 5.02 Å². The molecule has 8 nitrogen and oxygen atoms in total. The molecule has 1 aliphatic rings. The number of carbonyl (C=O) groups excluding carboxylic acids is 1. The molecule has 2 N–H and O–H groups in total. The number of nitrogens with one attached hydrogen (secondary N) is 2. The molecular formula is C31H32ClN5O3S. The van der Waals surface area contributed by atoms with Gasteiger partial charge in [-0.2, -0.15) is 4.98 Å². The summed E-state index contributed by atoms with van der Waals surface area (Å²) in [7, 11) is 0. The molecule has 1 aromatic heterocycles. The normalized spacial score (nSPS) is 14.3. The number of thioether (sulfide) groups is 1. The van der Waals surface area contributed by atoms with Crippen molar-refractivity contribution in [3.8, 4) is 11.5 Å². The fraction of sp³-hybridized carbons (Fsp3) is 0.258. The number of hydrogen-bond acceptors (Lipinski definition) is 7. The van der Waals surface area contributed by atoms with Crippen LogP contribution in [0.15, 0.2) is 89.2 Å².